The van der Waals surface area contributed by atoms with Crippen molar-refractivity contribution in [3.63, 3.8) is 0 Å². The molecule has 1 aromatic carbocycles. The van der Waals surface area contributed by atoms with E-state index in [1.165, 1.54) is 5.56 Å². The van der Waals surface area contributed by atoms with E-state index in [-0.39, 0.29) is 17.6 Å². The number of hydrogen-bond acceptors (Lipinski definition) is 3. The van der Waals surface area contributed by atoms with E-state index in [2.05, 4.69) is 44.0 Å². The number of fused-ring (bicyclic) bond motifs is 1. The van der Waals surface area contributed by atoms with Gasteiger partial charge in [0, 0.05) is 29.9 Å². The van der Waals surface area contributed by atoms with Crippen molar-refractivity contribution < 1.29 is 14.3 Å². The quantitative estimate of drug-likeness (QED) is 0.893. The third-order valence-electron chi connectivity index (χ3n) is 5.58. The minimum atomic E-state index is -0.0730. The Morgan fingerprint density at radius 1 is 1.12 bits per heavy atom. The van der Waals surface area contributed by atoms with Gasteiger partial charge in [-0.2, -0.15) is 0 Å². The predicted octanol–water partition coefficient (Wildman–Crippen LogP) is 3.69. The number of aromatic nitrogens is 1. The van der Waals surface area contributed by atoms with Gasteiger partial charge < -0.3 is 19.4 Å². The molecular weight excluding hydrogens is 328 g/mol. The molecule has 0 aliphatic carbocycles. The van der Waals surface area contributed by atoms with E-state index >= 15 is 0 Å². The van der Waals surface area contributed by atoms with Crippen LogP contribution in [0.25, 0.3) is 10.9 Å². The molecule has 0 unspecified atom stereocenters. The molecule has 2 fully saturated rings. The van der Waals surface area contributed by atoms with E-state index in [0.29, 0.717) is 24.8 Å². The number of carbonyl (C=O) groups is 1. The summed E-state index contributed by atoms with van der Waals surface area (Å²) < 4.78 is 11.2. The minimum Gasteiger partial charge on any atom is -0.351 e. The van der Waals surface area contributed by atoms with Gasteiger partial charge in [0.2, 0.25) is 0 Å². The first-order chi connectivity index (χ1) is 12.4. The monoisotopic (exact) mass is 356 g/mol. The van der Waals surface area contributed by atoms with Gasteiger partial charge in [-0.3, -0.25) is 4.79 Å². The average Bonchev–Trinajstić information content (AvgIpc) is 3.29. The lowest BCUT2D eigenvalue weighted by Gasteiger charge is -2.33. The smallest absolute Gasteiger partial charge is 0.270 e. The van der Waals surface area contributed by atoms with Crippen molar-refractivity contribution in [1.82, 2.24) is 9.88 Å². The molecule has 140 valence electrons. The first kappa shape index (κ1) is 17.6. The van der Waals surface area contributed by atoms with E-state index in [4.69, 9.17) is 9.47 Å². The molecule has 3 heterocycles. The maximum Gasteiger partial charge on any atom is 0.270 e. The number of benzene rings is 1. The molecule has 2 aliphatic rings. The minimum absolute atomic E-state index is 0.0730. The number of rotatable bonds is 2. The van der Waals surface area contributed by atoms with Gasteiger partial charge in [0.05, 0.1) is 13.2 Å². The fraction of sp³-hybridized carbons (Fsp3) is 0.571. The molecule has 0 spiro atoms. The molecule has 2 saturated heterocycles. The summed E-state index contributed by atoms with van der Waals surface area (Å²) in [5, 5.41) is 1.09. The van der Waals surface area contributed by atoms with Crippen molar-refractivity contribution in [2.24, 2.45) is 5.92 Å². The largest absolute Gasteiger partial charge is 0.351 e. The highest BCUT2D eigenvalue weighted by atomic mass is 16.7. The Morgan fingerprint density at radius 2 is 1.81 bits per heavy atom. The summed E-state index contributed by atoms with van der Waals surface area (Å²) in [4.78, 5) is 18.2. The van der Waals surface area contributed by atoms with Crippen molar-refractivity contribution in [2.75, 3.05) is 26.3 Å². The number of H-pyrrole nitrogens is 1. The van der Waals surface area contributed by atoms with Crippen LogP contribution in [-0.2, 0) is 14.9 Å². The zero-order valence-electron chi connectivity index (χ0n) is 15.9. The van der Waals surface area contributed by atoms with Crippen LogP contribution in [0.2, 0.25) is 0 Å². The summed E-state index contributed by atoms with van der Waals surface area (Å²) >= 11 is 0. The molecule has 5 nitrogen and oxygen atoms in total. The third-order valence-corrected chi connectivity index (χ3v) is 5.58. The summed E-state index contributed by atoms with van der Waals surface area (Å²) in [7, 11) is 0. The second kappa shape index (κ2) is 6.71. The van der Waals surface area contributed by atoms with Crippen molar-refractivity contribution in [3.8, 4) is 0 Å². The molecule has 1 amide bonds. The van der Waals surface area contributed by atoms with Crippen LogP contribution in [0.3, 0.4) is 0 Å². The number of amides is 1. The van der Waals surface area contributed by atoms with E-state index in [0.717, 1.165) is 36.8 Å². The SMILES string of the molecule is CC(C)(C)c1ccc2cc(C(=O)N3CCC(C4OCCO4)CC3)[nH]c2c1. The van der Waals surface area contributed by atoms with Crippen LogP contribution in [0.4, 0.5) is 0 Å². The summed E-state index contributed by atoms with van der Waals surface area (Å²) in [5.74, 6) is 0.490. The van der Waals surface area contributed by atoms with Gasteiger partial charge in [-0.1, -0.05) is 32.9 Å². The Bertz CT molecular complexity index is 791. The summed E-state index contributed by atoms with van der Waals surface area (Å²) in [5.41, 5.74) is 3.07. The molecule has 2 aromatic rings. The summed E-state index contributed by atoms with van der Waals surface area (Å²) in [6.07, 6.45) is 1.80. The van der Waals surface area contributed by atoms with Gasteiger partial charge in [0.25, 0.3) is 5.91 Å². The number of hydrogen-bond donors (Lipinski definition) is 1. The van der Waals surface area contributed by atoms with Crippen LogP contribution in [0.1, 0.15) is 49.7 Å². The Hall–Kier alpha value is -1.85. The van der Waals surface area contributed by atoms with Crippen LogP contribution in [0, 0.1) is 5.92 Å². The van der Waals surface area contributed by atoms with Gasteiger partial charge >= 0.3 is 0 Å². The van der Waals surface area contributed by atoms with Crippen molar-refractivity contribution in [1.29, 1.82) is 0 Å². The normalized spacial score (nSPS) is 20.2. The highest BCUT2D eigenvalue weighted by Gasteiger charge is 2.32. The Labute approximate surface area is 154 Å². The van der Waals surface area contributed by atoms with Crippen LogP contribution >= 0.6 is 0 Å². The van der Waals surface area contributed by atoms with Crippen molar-refractivity contribution in [2.45, 2.75) is 45.3 Å². The van der Waals surface area contributed by atoms with Gasteiger partial charge in [-0.15, -0.1) is 0 Å². The average molecular weight is 356 g/mol. The Kier molecular flexibility index (Phi) is 4.53. The van der Waals surface area contributed by atoms with E-state index in [9.17, 15) is 4.79 Å². The van der Waals surface area contributed by atoms with Gasteiger partial charge in [0.1, 0.15) is 5.69 Å². The number of nitrogens with one attached hydrogen (secondary N) is 1. The van der Waals surface area contributed by atoms with Gasteiger partial charge in [0.15, 0.2) is 6.29 Å². The van der Waals surface area contributed by atoms with Crippen LogP contribution in [0.5, 0.6) is 0 Å². The highest BCUT2D eigenvalue weighted by molar-refractivity contribution is 5.98. The van der Waals surface area contributed by atoms with Crippen LogP contribution < -0.4 is 0 Å². The first-order valence-corrected chi connectivity index (χ1v) is 9.57. The predicted molar refractivity (Wildman–Crippen MR) is 101 cm³/mol. The lowest BCUT2D eigenvalue weighted by molar-refractivity contribution is -0.0956. The Morgan fingerprint density at radius 3 is 2.46 bits per heavy atom. The summed E-state index contributed by atoms with van der Waals surface area (Å²) in [6, 6.07) is 8.38. The standard InChI is InChI=1S/C21H28N2O3/c1-21(2,3)16-5-4-15-12-18(22-17(15)13-16)19(24)23-8-6-14(7-9-23)20-25-10-11-26-20/h4-5,12-14,20,22H,6-11H2,1-3H3. The molecule has 0 saturated carbocycles. The fourth-order valence-corrected chi connectivity index (χ4v) is 3.90. The zero-order valence-corrected chi connectivity index (χ0v) is 15.9. The van der Waals surface area contributed by atoms with Crippen molar-refractivity contribution in [3.05, 3.63) is 35.5 Å². The first-order valence-electron chi connectivity index (χ1n) is 9.57. The highest BCUT2D eigenvalue weighted by Crippen LogP contribution is 2.28. The fourth-order valence-electron chi connectivity index (χ4n) is 3.90. The molecule has 1 aromatic heterocycles. The Balaban J connectivity index is 1.46. The molecular formula is C21H28N2O3. The second-order valence-electron chi connectivity index (χ2n) is 8.47. The molecule has 26 heavy (non-hydrogen) atoms. The molecule has 0 bridgehead atoms. The number of piperidine rings is 1. The second-order valence-corrected chi connectivity index (χ2v) is 8.47. The molecule has 1 N–H and O–H groups in total. The van der Waals surface area contributed by atoms with E-state index in [1.807, 2.05) is 11.0 Å². The molecule has 2 aliphatic heterocycles. The molecule has 4 rings (SSSR count). The molecule has 0 atom stereocenters. The third kappa shape index (κ3) is 3.38. The molecule has 5 heteroatoms. The topological polar surface area (TPSA) is 54.6 Å². The number of ether oxygens (including phenoxy) is 2. The maximum absolute atomic E-state index is 12.9. The lowest BCUT2D eigenvalue weighted by atomic mass is 9.87. The summed E-state index contributed by atoms with van der Waals surface area (Å²) in [6.45, 7) is 9.50. The van der Waals surface area contributed by atoms with Crippen molar-refractivity contribution >= 4 is 16.8 Å². The zero-order chi connectivity index (χ0) is 18.3. The maximum atomic E-state index is 12.9. The number of nitrogens with zero attached hydrogens (tertiary/aromatic N) is 1. The number of aromatic amines is 1. The molecule has 0 radical (unpaired) electrons. The van der Waals surface area contributed by atoms with Crippen LogP contribution in [-0.4, -0.2) is 48.4 Å². The van der Waals surface area contributed by atoms with Gasteiger partial charge in [-0.05, 0) is 36.0 Å². The van der Waals surface area contributed by atoms with Crippen LogP contribution in [0.15, 0.2) is 24.3 Å². The number of carbonyl (C=O) groups excluding carboxylic acids is 1. The van der Waals surface area contributed by atoms with Gasteiger partial charge in [-0.25, -0.2) is 0 Å². The van der Waals surface area contributed by atoms with E-state index < -0.39 is 0 Å². The van der Waals surface area contributed by atoms with E-state index in [1.54, 1.807) is 0 Å². The number of likely N-dealkylation sites (tertiary alicyclic amines) is 1. The lowest BCUT2D eigenvalue weighted by Crippen LogP contribution is -2.41.